The minimum Gasteiger partial charge on any atom is -0.481 e. The molecule has 0 aromatic carbocycles. The summed E-state index contributed by atoms with van der Waals surface area (Å²) in [6.07, 6.45) is 9.29. The summed E-state index contributed by atoms with van der Waals surface area (Å²) in [7, 11) is 0. The molecular formula is C21H38O4. The van der Waals surface area contributed by atoms with Crippen LogP contribution < -0.4 is 0 Å². The fourth-order valence-corrected chi connectivity index (χ4v) is 4.41. The molecule has 0 amide bonds. The Morgan fingerprint density at radius 3 is 2.24 bits per heavy atom. The van der Waals surface area contributed by atoms with Crippen LogP contribution in [0.2, 0.25) is 0 Å². The smallest absolute Gasteiger partial charge is 0.307 e. The molecule has 4 nitrogen and oxygen atoms in total. The molecule has 0 spiro atoms. The van der Waals surface area contributed by atoms with E-state index in [0.717, 1.165) is 51.4 Å². The molecule has 1 fully saturated rings. The summed E-state index contributed by atoms with van der Waals surface area (Å²) in [5.74, 6) is -1.26. The third kappa shape index (κ3) is 7.08. The first-order chi connectivity index (χ1) is 11.9. The van der Waals surface area contributed by atoms with Crippen molar-refractivity contribution in [3.05, 3.63) is 0 Å². The highest BCUT2D eigenvalue weighted by Crippen LogP contribution is 2.43. The van der Waals surface area contributed by atoms with Crippen molar-refractivity contribution in [3.8, 4) is 0 Å². The Kier molecular flexibility index (Phi) is 10.3. The van der Waals surface area contributed by atoms with Gasteiger partial charge >= 0.3 is 5.97 Å². The van der Waals surface area contributed by atoms with E-state index in [4.69, 9.17) is 0 Å². The molecule has 1 aliphatic carbocycles. The van der Waals surface area contributed by atoms with Gasteiger partial charge in [0.15, 0.2) is 0 Å². The number of aliphatic carboxylic acids is 1. The number of Topliss-reactive ketones (excluding diaryl/α,β-unsaturated/α-hetero) is 1. The lowest BCUT2D eigenvalue weighted by atomic mass is 9.76. The number of aliphatic hydroxyl groups excluding tert-OH is 1. The molecule has 0 radical (unpaired) electrons. The van der Waals surface area contributed by atoms with E-state index in [0.29, 0.717) is 19.3 Å². The average molecular weight is 355 g/mol. The highest BCUT2D eigenvalue weighted by atomic mass is 16.4. The topological polar surface area (TPSA) is 74.6 Å². The maximum absolute atomic E-state index is 12.5. The lowest BCUT2D eigenvalue weighted by Crippen LogP contribution is -2.32. The second-order valence-electron chi connectivity index (χ2n) is 8.00. The maximum atomic E-state index is 12.5. The molecule has 146 valence electrons. The van der Waals surface area contributed by atoms with Crippen molar-refractivity contribution in [2.24, 2.45) is 23.7 Å². The molecule has 0 aliphatic heterocycles. The first-order valence-corrected chi connectivity index (χ1v) is 10.4. The van der Waals surface area contributed by atoms with Crippen LogP contribution in [-0.4, -0.2) is 28.1 Å². The van der Waals surface area contributed by atoms with Crippen molar-refractivity contribution in [3.63, 3.8) is 0 Å². The molecule has 0 saturated heterocycles. The number of rotatable bonds is 13. The predicted octanol–water partition coefficient (Wildman–Crippen LogP) is 4.83. The second-order valence-corrected chi connectivity index (χ2v) is 8.00. The Hall–Kier alpha value is -0.900. The molecule has 4 heteroatoms. The van der Waals surface area contributed by atoms with E-state index in [1.165, 1.54) is 0 Å². The number of carbonyl (C=O) groups is 2. The van der Waals surface area contributed by atoms with Crippen molar-refractivity contribution in [1.82, 2.24) is 0 Å². The summed E-state index contributed by atoms with van der Waals surface area (Å²) in [5.41, 5.74) is 0. The van der Waals surface area contributed by atoms with Crippen LogP contribution in [0.15, 0.2) is 0 Å². The fraction of sp³-hybridized carbons (Fsp3) is 0.905. The van der Waals surface area contributed by atoms with Crippen molar-refractivity contribution >= 4 is 11.8 Å². The molecule has 5 atom stereocenters. The van der Waals surface area contributed by atoms with Gasteiger partial charge in [0.25, 0.3) is 0 Å². The second kappa shape index (κ2) is 11.7. The molecule has 0 bridgehead atoms. The number of carboxylic acid groups (broad SMARTS) is 1. The molecule has 1 aliphatic rings. The quantitative estimate of drug-likeness (QED) is 0.465. The molecule has 2 N–H and O–H groups in total. The summed E-state index contributed by atoms with van der Waals surface area (Å²) < 4.78 is 0. The highest BCUT2D eigenvalue weighted by molar-refractivity contribution is 5.88. The van der Waals surface area contributed by atoms with Crippen molar-refractivity contribution in [2.45, 2.75) is 97.5 Å². The van der Waals surface area contributed by atoms with E-state index in [9.17, 15) is 19.8 Å². The number of ketones is 1. The lowest BCUT2D eigenvalue weighted by Gasteiger charge is -2.27. The highest BCUT2D eigenvalue weighted by Gasteiger charge is 2.46. The predicted molar refractivity (Wildman–Crippen MR) is 100 cm³/mol. The third-order valence-electron chi connectivity index (χ3n) is 5.93. The normalized spacial score (nSPS) is 25.9. The van der Waals surface area contributed by atoms with Crippen LogP contribution in [0.25, 0.3) is 0 Å². The first-order valence-electron chi connectivity index (χ1n) is 10.4. The van der Waals surface area contributed by atoms with Crippen LogP contribution in [0.4, 0.5) is 0 Å². The lowest BCUT2D eigenvalue weighted by molar-refractivity contribution is -0.147. The standard InChI is InChI=1S/C21H38O4/c1-4-6-8-10-16(22)12-13-17-15(3)14-19(23)20(17)18(21(24)25)11-9-7-5-2/h15-18,20,22H,4-14H2,1-3H3,(H,24,25)/t15-,16?,17+,18?,20-/m1/s1. The Labute approximate surface area is 153 Å². The number of hydrogen-bond donors (Lipinski definition) is 2. The monoisotopic (exact) mass is 354 g/mol. The summed E-state index contributed by atoms with van der Waals surface area (Å²) in [4.78, 5) is 24.3. The maximum Gasteiger partial charge on any atom is 0.307 e. The van der Waals surface area contributed by atoms with Crippen LogP contribution in [-0.2, 0) is 9.59 Å². The Bertz CT molecular complexity index is 407. The molecule has 25 heavy (non-hydrogen) atoms. The summed E-state index contributed by atoms with van der Waals surface area (Å²) in [6.45, 7) is 6.31. The molecule has 0 heterocycles. The Balaban J connectivity index is 2.67. The number of carboxylic acids is 1. The molecule has 0 aromatic heterocycles. The van der Waals surface area contributed by atoms with E-state index in [-0.39, 0.29) is 29.6 Å². The Morgan fingerprint density at radius 2 is 1.68 bits per heavy atom. The van der Waals surface area contributed by atoms with E-state index >= 15 is 0 Å². The van der Waals surface area contributed by atoms with Gasteiger partial charge in [0, 0.05) is 12.3 Å². The van der Waals surface area contributed by atoms with Crippen molar-refractivity contribution < 1.29 is 19.8 Å². The van der Waals surface area contributed by atoms with Crippen LogP contribution >= 0.6 is 0 Å². The third-order valence-corrected chi connectivity index (χ3v) is 5.93. The molecule has 1 rings (SSSR count). The van der Waals surface area contributed by atoms with Gasteiger partial charge < -0.3 is 10.2 Å². The van der Waals surface area contributed by atoms with E-state index < -0.39 is 11.9 Å². The van der Waals surface area contributed by atoms with Gasteiger partial charge in [0.05, 0.1) is 12.0 Å². The zero-order chi connectivity index (χ0) is 18.8. The number of unbranched alkanes of at least 4 members (excludes halogenated alkanes) is 4. The van der Waals surface area contributed by atoms with E-state index in [2.05, 4.69) is 20.8 Å². The molecule has 2 unspecified atom stereocenters. The van der Waals surface area contributed by atoms with Crippen molar-refractivity contribution in [1.29, 1.82) is 0 Å². The van der Waals surface area contributed by atoms with Crippen LogP contribution in [0.3, 0.4) is 0 Å². The van der Waals surface area contributed by atoms with Gasteiger partial charge in [-0.3, -0.25) is 9.59 Å². The van der Waals surface area contributed by atoms with Gasteiger partial charge in [0.1, 0.15) is 5.78 Å². The van der Waals surface area contributed by atoms with Gasteiger partial charge in [-0.15, -0.1) is 0 Å². The minimum atomic E-state index is -0.822. The zero-order valence-electron chi connectivity index (χ0n) is 16.4. The molecular weight excluding hydrogens is 316 g/mol. The SMILES string of the molecule is CCCCCC(O)CC[C@H]1[C@H](C)CC(=O)[C@H]1C(CCCCC)C(=O)O. The van der Waals surface area contributed by atoms with Gasteiger partial charge in [0.2, 0.25) is 0 Å². The zero-order valence-corrected chi connectivity index (χ0v) is 16.4. The summed E-state index contributed by atoms with van der Waals surface area (Å²) in [5, 5.41) is 19.9. The minimum absolute atomic E-state index is 0.107. The molecule has 1 saturated carbocycles. The number of hydrogen-bond acceptors (Lipinski definition) is 3. The van der Waals surface area contributed by atoms with Gasteiger partial charge in [-0.2, -0.15) is 0 Å². The fourth-order valence-electron chi connectivity index (χ4n) is 4.41. The first kappa shape index (κ1) is 22.1. The van der Waals surface area contributed by atoms with Crippen LogP contribution in [0, 0.1) is 23.7 Å². The largest absolute Gasteiger partial charge is 0.481 e. The van der Waals surface area contributed by atoms with Gasteiger partial charge in [-0.1, -0.05) is 59.3 Å². The van der Waals surface area contributed by atoms with Crippen molar-refractivity contribution in [2.75, 3.05) is 0 Å². The molecule has 0 aromatic rings. The number of carbonyl (C=O) groups excluding carboxylic acids is 1. The van der Waals surface area contributed by atoms with Gasteiger partial charge in [-0.05, 0) is 37.5 Å². The Morgan fingerprint density at radius 1 is 1.08 bits per heavy atom. The van der Waals surface area contributed by atoms with E-state index in [1.807, 2.05) is 0 Å². The van der Waals surface area contributed by atoms with Gasteiger partial charge in [-0.25, -0.2) is 0 Å². The van der Waals surface area contributed by atoms with Crippen LogP contribution in [0.1, 0.15) is 91.4 Å². The van der Waals surface area contributed by atoms with Crippen LogP contribution in [0.5, 0.6) is 0 Å². The van der Waals surface area contributed by atoms with E-state index in [1.54, 1.807) is 0 Å². The summed E-state index contributed by atoms with van der Waals surface area (Å²) in [6, 6.07) is 0. The summed E-state index contributed by atoms with van der Waals surface area (Å²) >= 11 is 0. The number of aliphatic hydroxyl groups is 1. The average Bonchev–Trinajstić information content (AvgIpc) is 2.83.